The maximum atomic E-state index is 14.1. The van der Waals surface area contributed by atoms with Gasteiger partial charge >= 0.3 is 0 Å². The molecule has 0 aromatic heterocycles. The van der Waals surface area contributed by atoms with Crippen LogP contribution < -0.4 is 10.6 Å². The largest absolute Gasteiger partial charge is 0.356 e. The lowest BCUT2D eigenvalue weighted by atomic mass is 9.95. The molecule has 1 fully saturated rings. The van der Waals surface area contributed by atoms with Crippen LogP contribution in [-0.4, -0.2) is 51.6 Å². The van der Waals surface area contributed by atoms with E-state index in [9.17, 15) is 4.39 Å². The Kier molecular flexibility index (Phi) is 11.2. The summed E-state index contributed by atoms with van der Waals surface area (Å²) in [7, 11) is 6.04. The zero-order valence-corrected chi connectivity index (χ0v) is 19.4. The highest BCUT2D eigenvalue weighted by atomic mass is 127. The third-order valence-corrected chi connectivity index (χ3v) is 5.19. The quantitative estimate of drug-likeness (QED) is 0.212. The van der Waals surface area contributed by atoms with Crippen LogP contribution in [0.1, 0.15) is 50.5 Å². The SMILES string of the molecule is CN=C(NCCCCCCCN(C)C)NCC1(c2ccccc2F)CC1.I. The number of aliphatic imine (C=N–C) groups is 1. The summed E-state index contributed by atoms with van der Waals surface area (Å²) in [6, 6.07) is 7.14. The first-order chi connectivity index (χ1) is 12.6. The van der Waals surface area contributed by atoms with Crippen molar-refractivity contribution < 1.29 is 4.39 Å². The number of benzene rings is 1. The molecule has 0 spiro atoms. The van der Waals surface area contributed by atoms with E-state index in [0.29, 0.717) is 0 Å². The minimum atomic E-state index is -0.0935. The molecule has 6 heteroatoms. The highest BCUT2D eigenvalue weighted by molar-refractivity contribution is 14.0. The average Bonchev–Trinajstić information content (AvgIpc) is 3.41. The summed E-state index contributed by atoms with van der Waals surface area (Å²) >= 11 is 0. The van der Waals surface area contributed by atoms with Gasteiger partial charge in [0.25, 0.3) is 0 Å². The zero-order valence-electron chi connectivity index (χ0n) is 17.1. The number of guanidine groups is 1. The standard InChI is InChI=1S/C21H35FN4.HI/c1-23-20(24-15-9-5-4-6-10-16-26(2)3)25-17-21(13-14-21)18-11-7-8-12-19(18)22;/h7-8,11-12H,4-6,9-10,13-17H2,1-3H3,(H2,23,24,25);1H. The van der Waals surface area contributed by atoms with Crippen LogP contribution in [0.25, 0.3) is 0 Å². The Morgan fingerprint density at radius 1 is 1.07 bits per heavy atom. The van der Waals surface area contributed by atoms with E-state index in [4.69, 9.17) is 0 Å². The predicted molar refractivity (Wildman–Crippen MR) is 124 cm³/mol. The van der Waals surface area contributed by atoms with Crippen LogP contribution in [0.3, 0.4) is 0 Å². The molecule has 1 aromatic carbocycles. The van der Waals surface area contributed by atoms with E-state index in [0.717, 1.165) is 43.9 Å². The molecule has 0 bridgehead atoms. The van der Waals surface area contributed by atoms with Crippen LogP contribution >= 0.6 is 24.0 Å². The Labute approximate surface area is 181 Å². The van der Waals surface area contributed by atoms with Gasteiger partial charge in [0.2, 0.25) is 0 Å². The Hall–Kier alpha value is -0.890. The molecule has 0 aliphatic heterocycles. The van der Waals surface area contributed by atoms with Crippen LogP contribution in [0.4, 0.5) is 4.39 Å². The molecule has 0 amide bonds. The summed E-state index contributed by atoms with van der Waals surface area (Å²) in [5.41, 5.74) is 0.774. The lowest BCUT2D eigenvalue weighted by molar-refractivity contribution is 0.389. The van der Waals surface area contributed by atoms with E-state index in [1.807, 2.05) is 12.1 Å². The summed E-state index contributed by atoms with van der Waals surface area (Å²) in [4.78, 5) is 6.54. The van der Waals surface area contributed by atoms with Gasteiger partial charge in [-0.05, 0) is 58.0 Å². The van der Waals surface area contributed by atoms with Gasteiger partial charge in [0.05, 0.1) is 0 Å². The van der Waals surface area contributed by atoms with E-state index in [2.05, 4.69) is 34.6 Å². The second-order valence-corrected chi connectivity index (χ2v) is 7.68. The van der Waals surface area contributed by atoms with Crippen LogP contribution in [0.15, 0.2) is 29.3 Å². The minimum Gasteiger partial charge on any atom is -0.356 e. The summed E-state index contributed by atoms with van der Waals surface area (Å²) in [6.45, 7) is 2.84. The van der Waals surface area contributed by atoms with Gasteiger partial charge in [0.1, 0.15) is 5.82 Å². The third kappa shape index (κ3) is 8.34. The topological polar surface area (TPSA) is 39.7 Å². The van der Waals surface area contributed by atoms with Gasteiger partial charge in [0.15, 0.2) is 5.96 Å². The molecular weight excluding hydrogens is 454 g/mol. The zero-order chi connectivity index (χ0) is 18.8. The van der Waals surface area contributed by atoms with Crippen molar-refractivity contribution in [1.82, 2.24) is 15.5 Å². The Bertz CT molecular complexity index is 573. The highest BCUT2D eigenvalue weighted by Crippen LogP contribution is 2.48. The van der Waals surface area contributed by atoms with Gasteiger partial charge < -0.3 is 15.5 Å². The molecule has 1 aliphatic carbocycles. The third-order valence-electron chi connectivity index (χ3n) is 5.19. The van der Waals surface area contributed by atoms with E-state index >= 15 is 0 Å². The van der Waals surface area contributed by atoms with Crippen LogP contribution in [-0.2, 0) is 5.41 Å². The lowest BCUT2D eigenvalue weighted by Gasteiger charge is -2.19. The molecule has 0 radical (unpaired) electrons. The highest BCUT2D eigenvalue weighted by Gasteiger charge is 2.45. The van der Waals surface area contributed by atoms with E-state index < -0.39 is 0 Å². The molecule has 27 heavy (non-hydrogen) atoms. The Morgan fingerprint density at radius 3 is 2.37 bits per heavy atom. The average molecular weight is 490 g/mol. The van der Waals surface area contributed by atoms with Crippen molar-refractivity contribution >= 4 is 29.9 Å². The molecule has 0 saturated heterocycles. The molecule has 2 N–H and O–H groups in total. The molecule has 4 nitrogen and oxygen atoms in total. The van der Waals surface area contributed by atoms with Gasteiger partial charge in [-0.25, -0.2) is 4.39 Å². The van der Waals surface area contributed by atoms with Crippen molar-refractivity contribution in [1.29, 1.82) is 0 Å². The summed E-state index contributed by atoms with van der Waals surface area (Å²) < 4.78 is 14.1. The maximum Gasteiger partial charge on any atom is 0.191 e. The van der Waals surface area contributed by atoms with Crippen molar-refractivity contribution in [3.05, 3.63) is 35.6 Å². The van der Waals surface area contributed by atoms with Crippen molar-refractivity contribution in [2.75, 3.05) is 40.8 Å². The molecular formula is C21H36FIN4. The summed E-state index contributed by atoms with van der Waals surface area (Å²) in [5, 5.41) is 6.77. The lowest BCUT2D eigenvalue weighted by Crippen LogP contribution is -2.41. The van der Waals surface area contributed by atoms with Crippen molar-refractivity contribution in [2.24, 2.45) is 4.99 Å². The van der Waals surface area contributed by atoms with Crippen molar-refractivity contribution in [2.45, 2.75) is 50.4 Å². The molecule has 0 atom stereocenters. The number of rotatable bonds is 11. The maximum absolute atomic E-state index is 14.1. The molecule has 2 rings (SSSR count). The number of nitrogens with zero attached hydrogens (tertiary/aromatic N) is 2. The van der Waals surface area contributed by atoms with Crippen LogP contribution in [0, 0.1) is 5.82 Å². The molecule has 0 unspecified atom stereocenters. The van der Waals surface area contributed by atoms with Crippen molar-refractivity contribution in [3.8, 4) is 0 Å². The fourth-order valence-corrected chi connectivity index (χ4v) is 3.35. The van der Waals surface area contributed by atoms with Gasteiger partial charge in [-0.3, -0.25) is 4.99 Å². The Morgan fingerprint density at radius 2 is 1.74 bits per heavy atom. The summed E-state index contributed by atoms with van der Waals surface area (Å²) in [6.07, 6.45) is 8.34. The first-order valence-corrected chi connectivity index (χ1v) is 9.92. The second kappa shape index (κ2) is 12.5. The smallest absolute Gasteiger partial charge is 0.191 e. The number of hydrogen-bond donors (Lipinski definition) is 2. The van der Waals surface area contributed by atoms with Crippen LogP contribution in [0.2, 0.25) is 0 Å². The first kappa shape index (κ1) is 24.1. The molecule has 1 saturated carbocycles. The van der Waals surface area contributed by atoms with Gasteiger partial charge in [-0.1, -0.05) is 37.5 Å². The molecule has 1 aliphatic rings. The summed E-state index contributed by atoms with van der Waals surface area (Å²) in [5.74, 6) is 0.726. The molecule has 0 heterocycles. The van der Waals surface area contributed by atoms with E-state index in [-0.39, 0.29) is 35.2 Å². The van der Waals surface area contributed by atoms with E-state index in [1.165, 1.54) is 32.2 Å². The normalized spacial score (nSPS) is 15.4. The fraction of sp³-hybridized carbons (Fsp3) is 0.667. The number of hydrogen-bond acceptors (Lipinski definition) is 2. The van der Waals surface area contributed by atoms with Crippen molar-refractivity contribution in [3.63, 3.8) is 0 Å². The number of unbranched alkanes of at least 4 members (excludes halogenated alkanes) is 4. The predicted octanol–water partition coefficient (Wildman–Crippen LogP) is 4.15. The van der Waals surface area contributed by atoms with Gasteiger partial charge in [0, 0.05) is 25.6 Å². The van der Waals surface area contributed by atoms with Gasteiger partial charge in [-0.2, -0.15) is 0 Å². The Balaban J connectivity index is 0.00000364. The molecule has 154 valence electrons. The first-order valence-electron chi connectivity index (χ1n) is 9.92. The van der Waals surface area contributed by atoms with Gasteiger partial charge in [-0.15, -0.1) is 24.0 Å². The van der Waals surface area contributed by atoms with E-state index in [1.54, 1.807) is 19.2 Å². The second-order valence-electron chi connectivity index (χ2n) is 7.68. The number of halogens is 2. The minimum absolute atomic E-state index is 0. The fourth-order valence-electron chi connectivity index (χ4n) is 3.35. The molecule has 1 aromatic rings. The van der Waals surface area contributed by atoms with Crippen LogP contribution in [0.5, 0.6) is 0 Å². The monoisotopic (exact) mass is 490 g/mol. The number of nitrogens with one attached hydrogen (secondary N) is 2.